The van der Waals surface area contributed by atoms with Crippen molar-refractivity contribution in [3.63, 3.8) is 0 Å². The highest BCUT2D eigenvalue weighted by molar-refractivity contribution is 7.89. The van der Waals surface area contributed by atoms with Crippen molar-refractivity contribution in [3.05, 3.63) is 65.2 Å². The van der Waals surface area contributed by atoms with Gasteiger partial charge in [0.05, 0.1) is 4.90 Å². The van der Waals surface area contributed by atoms with Crippen molar-refractivity contribution in [1.29, 1.82) is 0 Å². The molecule has 0 spiro atoms. The number of hydrogen-bond donors (Lipinski definition) is 2. The predicted octanol–water partition coefficient (Wildman–Crippen LogP) is 2.75. The number of hydrogen-bond acceptors (Lipinski definition) is 4. The zero-order chi connectivity index (χ0) is 23.0. The molecular weight excluding hydrogens is 450 g/mol. The first-order valence-corrected chi connectivity index (χ1v) is 12.6. The second-order valence-electron chi connectivity index (χ2n) is 7.76. The SMILES string of the molecule is O=C(NCCc1ccccc1)C(=O)NCC[C@H]1CCCCN1S(=O)(=O)c1ccc(Cl)cc1. The quantitative estimate of drug-likeness (QED) is 0.571. The van der Waals surface area contributed by atoms with Gasteiger partial charge in [0.1, 0.15) is 0 Å². The van der Waals surface area contributed by atoms with Gasteiger partial charge in [-0.2, -0.15) is 4.31 Å². The third kappa shape index (κ3) is 6.54. The van der Waals surface area contributed by atoms with Crippen LogP contribution in [0, 0.1) is 0 Å². The summed E-state index contributed by atoms with van der Waals surface area (Å²) in [6, 6.07) is 15.6. The molecular formula is C23H28ClN3O4S. The lowest BCUT2D eigenvalue weighted by molar-refractivity contribution is -0.139. The second-order valence-corrected chi connectivity index (χ2v) is 10.1. The number of carbonyl (C=O) groups excluding carboxylic acids is 2. The first-order valence-electron chi connectivity index (χ1n) is 10.8. The molecule has 0 radical (unpaired) electrons. The monoisotopic (exact) mass is 477 g/mol. The van der Waals surface area contributed by atoms with Crippen LogP contribution in [-0.2, 0) is 26.0 Å². The molecule has 0 unspecified atom stereocenters. The first kappa shape index (κ1) is 24.2. The molecule has 2 N–H and O–H groups in total. The largest absolute Gasteiger partial charge is 0.348 e. The van der Waals surface area contributed by atoms with Crippen molar-refractivity contribution in [2.24, 2.45) is 0 Å². The van der Waals surface area contributed by atoms with E-state index in [2.05, 4.69) is 10.6 Å². The summed E-state index contributed by atoms with van der Waals surface area (Å²) in [6.45, 7) is 1.03. The van der Waals surface area contributed by atoms with Crippen molar-refractivity contribution in [2.45, 2.75) is 43.0 Å². The molecule has 2 aromatic carbocycles. The molecule has 172 valence electrons. The Morgan fingerprint density at radius 1 is 0.938 bits per heavy atom. The zero-order valence-electron chi connectivity index (χ0n) is 17.8. The Hall–Kier alpha value is -2.42. The maximum atomic E-state index is 13.1. The third-order valence-electron chi connectivity index (χ3n) is 5.50. The average molecular weight is 478 g/mol. The van der Waals surface area contributed by atoms with Crippen LogP contribution in [0.3, 0.4) is 0 Å². The Bertz CT molecular complexity index is 1010. The van der Waals surface area contributed by atoms with E-state index in [0.717, 1.165) is 18.4 Å². The van der Waals surface area contributed by atoms with Crippen molar-refractivity contribution in [2.75, 3.05) is 19.6 Å². The van der Waals surface area contributed by atoms with Crippen molar-refractivity contribution in [1.82, 2.24) is 14.9 Å². The normalized spacial score (nSPS) is 17.0. The Balaban J connectivity index is 1.48. The molecule has 1 aliphatic heterocycles. The molecule has 1 aliphatic rings. The zero-order valence-corrected chi connectivity index (χ0v) is 19.4. The third-order valence-corrected chi connectivity index (χ3v) is 7.72. The number of halogens is 1. The lowest BCUT2D eigenvalue weighted by atomic mass is 10.0. The van der Waals surface area contributed by atoms with Gasteiger partial charge in [0.25, 0.3) is 0 Å². The number of carbonyl (C=O) groups is 2. The van der Waals surface area contributed by atoms with Crippen LogP contribution in [0.1, 0.15) is 31.2 Å². The summed E-state index contributed by atoms with van der Waals surface area (Å²) in [5, 5.41) is 5.69. The van der Waals surface area contributed by atoms with Crippen molar-refractivity contribution in [3.8, 4) is 0 Å². The molecule has 1 atom stereocenters. The topological polar surface area (TPSA) is 95.6 Å². The predicted molar refractivity (Wildman–Crippen MR) is 124 cm³/mol. The van der Waals surface area contributed by atoms with E-state index in [1.165, 1.54) is 16.4 Å². The van der Waals surface area contributed by atoms with Crippen LogP contribution in [0.2, 0.25) is 5.02 Å². The van der Waals surface area contributed by atoms with Crippen LogP contribution in [0.15, 0.2) is 59.5 Å². The van der Waals surface area contributed by atoms with Crippen LogP contribution in [0.25, 0.3) is 0 Å². The summed E-state index contributed by atoms with van der Waals surface area (Å²) in [6.07, 6.45) is 3.51. The minimum atomic E-state index is -3.65. The highest BCUT2D eigenvalue weighted by Crippen LogP contribution is 2.27. The van der Waals surface area contributed by atoms with Crippen molar-refractivity contribution < 1.29 is 18.0 Å². The highest BCUT2D eigenvalue weighted by Gasteiger charge is 2.33. The molecule has 32 heavy (non-hydrogen) atoms. The molecule has 9 heteroatoms. The Labute approximate surface area is 194 Å². The fourth-order valence-electron chi connectivity index (χ4n) is 3.80. The van der Waals surface area contributed by atoms with Gasteiger partial charge in [0, 0.05) is 30.7 Å². The minimum Gasteiger partial charge on any atom is -0.348 e. The van der Waals surface area contributed by atoms with Crippen LogP contribution in [0.4, 0.5) is 0 Å². The van der Waals surface area contributed by atoms with E-state index in [4.69, 9.17) is 11.6 Å². The Morgan fingerprint density at radius 2 is 1.59 bits per heavy atom. The Morgan fingerprint density at radius 3 is 2.28 bits per heavy atom. The molecule has 3 rings (SSSR count). The number of amides is 2. The van der Waals surface area contributed by atoms with Gasteiger partial charge in [-0.05, 0) is 55.5 Å². The number of benzene rings is 2. The number of nitrogens with one attached hydrogen (secondary N) is 2. The molecule has 0 aromatic heterocycles. The minimum absolute atomic E-state index is 0.204. The van der Waals surface area contributed by atoms with Crippen LogP contribution >= 0.6 is 11.6 Å². The summed E-state index contributed by atoms with van der Waals surface area (Å²) >= 11 is 5.88. The summed E-state index contributed by atoms with van der Waals surface area (Å²) in [7, 11) is -3.65. The lowest BCUT2D eigenvalue weighted by Crippen LogP contribution is -2.46. The van der Waals surface area contributed by atoms with Gasteiger partial charge < -0.3 is 10.6 Å². The van der Waals surface area contributed by atoms with E-state index in [9.17, 15) is 18.0 Å². The molecule has 0 aliphatic carbocycles. The van der Waals surface area contributed by atoms with Gasteiger partial charge in [0.2, 0.25) is 10.0 Å². The summed E-state index contributed by atoms with van der Waals surface area (Å²) in [5.41, 5.74) is 1.08. The molecule has 2 aromatic rings. The van der Waals surface area contributed by atoms with Gasteiger partial charge in [-0.1, -0.05) is 48.4 Å². The second kappa shape index (κ2) is 11.4. The van der Waals surface area contributed by atoms with E-state index in [-0.39, 0.29) is 17.5 Å². The lowest BCUT2D eigenvalue weighted by Gasteiger charge is -2.34. The number of nitrogens with zero attached hydrogens (tertiary/aromatic N) is 1. The number of piperidine rings is 1. The number of rotatable bonds is 8. The van der Waals surface area contributed by atoms with E-state index in [1.807, 2.05) is 30.3 Å². The fourth-order valence-corrected chi connectivity index (χ4v) is 5.65. The maximum absolute atomic E-state index is 13.1. The van der Waals surface area contributed by atoms with E-state index >= 15 is 0 Å². The van der Waals surface area contributed by atoms with Crippen LogP contribution < -0.4 is 10.6 Å². The van der Waals surface area contributed by atoms with Gasteiger partial charge in [-0.15, -0.1) is 0 Å². The fraction of sp³-hybridized carbons (Fsp3) is 0.391. The Kier molecular flexibility index (Phi) is 8.67. The first-order chi connectivity index (χ1) is 15.4. The van der Waals surface area contributed by atoms with Gasteiger partial charge in [0.15, 0.2) is 0 Å². The maximum Gasteiger partial charge on any atom is 0.309 e. The summed E-state index contributed by atoms with van der Waals surface area (Å²) < 4.78 is 27.7. The van der Waals surface area contributed by atoms with E-state index in [1.54, 1.807) is 12.1 Å². The summed E-state index contributed by atoms with van der Waals surface area (Å²) in [5.74, 6) is -1.39. The molecule has 1 fully saturated rings. The molecule has 2 amide bonds. The standard InChI is InChI=1S/C23H28ClN3O4S/c24-19-9-11-21(12-10-19)32(30,31)27-17-5-4-8-20(27)14-16-26-23(29)22(28)25-15-13-18-6-2-1-3-7-18/h1-3,6-7,9-12,20H,4-5,8,13-17H2,(H,25,28)(H,26,29)/t20-/m1/s1. The highest BCUT2D eigenvalue weighted by atomic mass is 35.5. The molecule has 0 saturated carbocycles. The van der Waals surface area contributed by atoms with Crippen molar-refractivity contribution >= 4 is 33.4 Å². The summed E-state index contributed by atoms with van der Waals surface area (Å²) in [4.78, 5) is 24.3. The van der Waals surface area contributed by atoms with Gasteiger partial charge >= 0.3 is 11.8 Å². The molecule has 0 bridgehead atoms. The van der Waals surface area contributed by atoms with Crippen LogP contribution in [0.5, 0.6) is 0 Å². The van der Waals surface area contributed by atoms with E-state index in [0.29, 0.717) is 37.4 Å². The van der Waals surface area contributed by atoms with Gasteiger partial charge in [-0.25, -0.2) is 8.42 Å². The van der Waals surface area contributed by atoms with E-state index < -0.39 is 21.8 Å². The van der Waals surface area contributed by atoms with Gasteiger partial charge in [-0.3, -0.25) is 9.59 Å². The molecule has 1 heterocycles. The van der Waals surface area contributed by atoms with Crippen LogP contribution in [-0.4, -0.2) is 50.2 Å². The molecule has 7 nitrogen and oxygen atoms in total. The molecule has 1 saturated heterocycles. The average Bonchev–Trinajstić information content (AvgIpc) is 2.80. The number of sulfonamides is 1. The smallest absolute Gasteiger partial charge is 0.309 e.